The summed E-state index contributed by atoms with van der Waals surface area (Å²) in [5.74, 6) is -2.30. The Kier molecular flexibility index (Phi) is 7.16. The van der Waals surface area contributed by atoms with Gasteiger partial charge < -0.3 is 0 Å². The first kappa shape index (κ1) is 21.3. The Morgan fingerprint density at radius 1 is 0.821 bits per heavy atom. The van der Waals surface area contributed by atoms with Crippen LogP contribution in [0.2, 0.25) is 0 Å². The molecule has 1 aromatic rings. The zero-order chi connectivity index (χ0) is 20.3. The summed E-state index contributed by atoms with van der Waals surface area (Å²) in [6, 6.07) is 2.06. The Morgan fingerprint density at radius 3 is 1.79 bits per heavy atom. The van der Waals surface area contributed by atoms with E-state index >= 15 is 0 Å². The molecule has 2 aliphatic carbocycles. The van der Waals surface area contributed by atoms with Crippen molar-refractivity contribution in [3.63, 3.8) is 0 Å². The third kappa shape index (κ3) is 4.77. The van der Waals surface area contributed by atoms with Gasteiger partial charge in [-0.3, -0.25) is 0 Å². The maximum Gasteiger partial charge on any atom is 0.306 e. The van der Waals surface area contributed by atoms with Gasteiger partial charge in [0.05, 0.1) is 5.56 Å². The van der Waals surface area contributed by atoms with Crippen LogP contribution in [0.25, 0.3) is 5.83 Å². The second kappa shape index (κ2) is 9.41. The van der Waals surface area contributed by atoms with Gasteiger partial charge >= 0.3 is 6.08 Å². The molecule has 2 saturated carbocycles. The Bertz CT molecular complexity index is 668. The fourth-order valence-electron chi connectivity index (χ4n) is 5.41. The fraction of sp³-hybridized carbons (Fsp3) is 0.652. The van der Waals surface area contributed by atoms with Gasteiger partial charge in [-0.25, -0.2) is 13.2 Å². The van der Waals surface area contributed by atoms with E-state index in [1.165, 1.54) is 38.5 Å². The number of hydrogen-bond acceptors (Lipinski definition) is 0. The summed E-state index contributed by atoms with van der Waals surface area (Å²) in [6.07, 6.45) is 8.84. The van der Waals surface area contributed by atoms with Crippen molar-refractivity contribution in [1.82, 2.24) is 0 Å². The molecule has 156 valence electrons. The van der Waals surface area contributed by atoms with Crippen molar-refractivity contribution in [2.24, 2.45) is 17.8 Å². The first-order valence-electron chi connectivity index (χ1n) is 10.6. The molecule has 0 unspecified atom stereocenters. The molecular weight excluding hydrogens is 371 g/mol. The highest BCUT2D eigenvalue weighted by molar-refractivity contribution is 5.61. The quantitative estimate of drug-likeness (QED) is 0.435. The zero-order valence-corrected chi connectivity index (χ0v) is 16.4. The SMILES string of the molecule is CCC[C@H]1CC[C@H]([C@H]2CC[C@H](c3cc(F)c(C(F)=C(F)F)c(F)c3)CC2)CC1. The molecule has 2 aliphatic rings. The van der Waals surface area contributed by atoms with E-state index in [9.17, 15) is 22.0 Å². The van der Waals surface area contributed by atoms with Gasteiger partial charge in [0.2, 0.25) is 5.83 Å². The second-order valence-corrected chi connectivity index (χ2v) is 8.62. The lowest BCUT2D eigenvalue weighted by molar-refractivity contribution is 0.156. The Labute approximate surface area is 164 Å². The van der Waals surface area contributed by atoms with Crippen molar-refractivity contribution in [3.8, 4) is 0 Å². The summed E-state index contributed by atoms with van der Waals surface area (Å²) in [5, 5.41) is 0. The molecule has 0 aromatic heterocycles. The first-order valence-corrected chi connectivity index (χ1v) is 10.6. The van der Waals surface area contributed by atoms with Crippen LogP contribution in [-0.4, -0.2) is 0 Å². The molecule has 3 rings (SSSR count). The largest absolute Gasteiger partial charge is 0.306 e. The Balaban J connectivity index is 1.60. The van der Waals surface area contributed by atoms with Crippen LogP contribution >= 0.6 is 0 Å². The van der Waals surface area contributed by atoms with Crippen molar-refractivity contribution < 1.29 is 22.0 Å². The third-order valence-electron chi connectivity index (χ3n) is 6.95. The molecule has 5 heteroatoms. The van der Waals surface area contributed by atoms with Gasteiger partial charge in [0, 0.05) is 0 Å². The van der Waals surface area contributed by atoms with Crippen molar-refractivity contribution >= 4 is 5.83 Å². The summed E-state index contributed by atoms with van der Waals surface area (Å²) in [6.45, 7) is 2.24. The van der Waals surface area contributed by atoms with E-state index in [2.05, 4.69) is 6.92 Å². The summed E-state index contributed by atoms with van der Waals surface area (Å²) in [5.41, 5.74) is -0.808. The smallest absolute Gasteiger partial charge is 0.206 e. The average molecular weight is 400 g/mol. The topological polar surface area (TPSA) is 0 Å². The minimum absolute atomic E-state index is 0.00740. The molecule has 0 aliphatic heterocycles. The molecule has 0 nitrogen and oxygen atoms in total. The fourth-order valence-corrected chi connectivity index (χ4v) is 5.41. The van der Waals surface area contributed by atoms with Crippen molar-refractivity contribution in [1.29, 1.82) is 0 Å². The molecule has 0 radical (unpaired) electrons. The summed E-state index contributed by atoms with van der Waals surface area (Å²) in [7, 11) is 0. The second-order valence-electron chi connectivity index (χ2n) is 8.62. The van der Waals surface area contributed by atoms with E-state index in [4.69, 9.17) is 0 Å². The Morgan fingerprint density at radius 2 is 1.32 bits per heavy atom. The van der Waals surface area contributed by atoms with E-state index in [1.54, 1.807) is 0 Å². The predicted octanol–water partition coefficient (Wildman–Crippen LogP) is 8.38. The highest BCUT2D eigenvalue weighted by Gasteiger charge is 2.32. The lowest BCUT2D eigenvalue weighted by Gasteiger charge is -2.38. The van der Waals surface area contributed by atoms with Crippen LogP contribution < -0.4 is 0 Å². The molecule has 1 aromatic carbocycles. The summed E-state index contributed by atoms with van der Waals surface area (Å²) >= 11 is 0. The summed E-state index contributed by atoms with van der Waals surface area (Å²) in [4.78, 5) is 0. The Hall–Kier alpha value is -1.39. The average Bonchev–Trinajstić information content (AvgIpc) is 2.68. The molecular formula is C23H29F5. The molecule has 28 heavy (non-hydrogen) atoms. The van der Waals surface area contributed by atoms with E-state index in [1.807, 2.05) is 0 Å². The lowest BCUT2D eigenvalue weighted by atomic mass is 9.68. The highest BCUT2D eigenvalue weighted by Crippen LogP contribution is 2.45. The van der Waals surface area contributed by atoms with E-state index in [-0.39, 0.29) is 5.92 Å². The number of rotatable bonds is 5. The van der Waals surface area contributed by atoms with Crippen molar-refractivity contribution in [2.75, 3.05) is 0 Å². The van der Waals surface area contributed by atoms with Gasteiger partial charge in [0.15, 0.2) is 0 Å². The standard InChI is InChI=1S/C23H29F5/c1-2-3-14-4-6-15(7-5-14)16-8-10-17(11-9-16)18-12-19(24)21(20(25)13-18)22(26)23(27)28/h12-17H,2-11H2,1H3/t14-,15-,16-,17-. The summed E-state index contributed by atoms with van der Waals surface area (Å²) < 4.78 is 66.3. The van der Waals surface area contributed by atoms with Gasteiger partial charge in [-0.2, -0.15) is 8.78 Å². The molecule has 0 heterocycles. The lowest BCUT2D eigenvalue weighted by Crippen LogP contribution is -2.25. The first-order chi connectivity index (χ1) is 13.4. The molecule has 0 amide bonds. The third-order valence-corrected chi connectivity index (χ3v) is 6.95. The maximum atomic E-state index is 14.1. The van der Waals surface area contributed by atoms with Crippen LogP contribution in [0.15, 0.2) is 18.2 Å². The molecule has 2 fully saturated rings. The number of benzene rings is 1. The maximum absolute atomic E-state index is 14.1. The van der Waals surface area contributed by atoms with Crippen molar-refractivity contribution in [2.45, 2.75) is 77.0 Å². The normalized spacial score (nSPS) is 28.2. The molecule has 0 N–H and O–H groups in total. The predicted molar refractivity (Wildman–Crippen MR) is 102 cm³/mol. The molecule has 0 bridgehead atoms. The van der Waals surface area contributed by atoms with E-state index < -0.39 is 29.1 Å². The van der Waals surface area contributed by atoms with Crippen LogP contribution in [0.5, 0.6) is 0 Å². The minimum Gasteiger partial charge on any atom is -0.206 e. The number of hydrogen-bond donors (Lipinski definition) is 0. The van der Waals surface area contributed by atoms with Gasteiger partial charge in [-0.05, 0) is 79.9 Å². The van der Waals surface area contributed by atoms with Crippen LogP contribution in [0, 0.1) is 29.4 Å². The van der Waals surface area contributed by atoms with Crippen LogP contribution in [0.4, 0.5) is 22.0 Å². The molecule has 0 atom stereocenters. The van der Waals surface area contributed by atoms with Gasteiger partial charge in [0.25, 0.3) is 0 Å². The van der Waals surface area contributed by atoms with Gasteiger partial charge in [0.1, 0.15) is 11.6 Å². The zero-order valence-electron chi connectivity index (χ0n) is 16.4. The molecule has 0 saturated heterocycles. The van der Waals surface area contributed by atoms with Crippen LogP contribution in [0.1, 0.15) is 88.2 Å². The molecule has 0 spiro atoms. The monoisotopic (exact) mass is 400 g/mol. The van der Waals surface area contributed by atoms with Gasteiger partial charge in [-0.15, -0.1) is 0 Å². The van der Waals surface area contributed by atoms with E-state index in [0.29, 0.717) is 11.5 Å². The number of halogens is 5. The van der Waals surface area contributed by atoms with Crippen molar-refractivity contribution in [3.05, 3.63) is 41.0 Å². The highest BCUT2D eigenvalue weighted by atomic mass is 19.3. The van der Waals surface area contributed by atoms with E-state index in [0.717, 1.165) is 49.7 Å². The van der Waals surface area contributed by atoms with Crippen LogP contribution in [-0.2, 0) is 0 Å². The van der Waals surface area contributed by atoms with Crippen LogP contribution in [0.3, 0.4) is 0 Å². The van der Waals surface area contributed by atoms with Gasteiger partial charge in [-0.1, -0.05) is 32.6 Å². The minimum atomic E-state index is -2.71.